The fraction of sp³-hybridized carbons (Fsp3) is 0.600. The van der Waals surface area contributed by atoms with E-state index in [1.54, 1.807) is 7.11 Å². The molecule has 1 aliphatic heterocycles. The summed E-state index contributed by atoms with van der Waals surface area (Å²) in [6, 6.07) is 4.93. The lowest BCUT2D eigenvalue weighted by Gasteiger charge is -2.25. The molecule has 3 heteroatoms. The van der Waals surface area contributed by atoms with Crippen molar-refractivity contribution in [2.24, 2.45) is 0 Å². The number of hydrogen-bond acceptors (Lipinski definition) is 2. The first-order valence-corrected chi connectivity index (χ1v) is 7.53. The van der Waals surface area contributed by atoms with Crippen molar-refractivity contribution < 1.29 is 4.74 Å². The van der Waals surface area contributed by atoms with Crippen molar-refractivity contribution in [3.8, 4) is 5.75 Å². The fourth-order valence-electron chi connectivity index (χ4n) is 2.68. The number of benzene rings is 1. The van der Waals surface area contributed by atoms with Crippen molar-refractivity contribution >= 4 is 15.9 Å². The Balaban J connectivity index is 2.35. The molecule has 0 saturated carbocycles. The average molecular weight is 312 g/mol. The quantitative estimate of drug-likeness (QED) is 0.893. The second kappa shape index (κ2) is 6.07. The molecule has 1 atom stereocenters. The second-order valence-electron chi connectivity index (χ2n) is 5.28. The molecule has 100 valence electrons. The normalized spacial score (nSPS) is 20.2. The molecule has 0 amide bonds. The average Bonchev–Trinajstić information content (AvgIpc) is 2.38. The van der Waals surface area contributed by atoms with E-state index in [1.165, 1.54) is 34.9 Å². The van der Waals surface area contributed by atoms with E-state index in [1.807, 2.05) is 0 Å². The highest BCUT2D eigenvalue weighted by atomic mass is 79.9. The lowest BCUT2D eigenvalue weighted by atomic mass is 9.94. The largest absolute Gasteiger partial charge is 0.496 e. The van der Waals surface area contributed by atoms with Gasteiger partial charge in [-0.2, -0.15) is 0 Å². The molecule has 1 aromatic rings. The van der Waals surface area contributed by atoms with Crippen LogP contribution in [0, 0.1) is 0 Å². The first-order valence-electron chi connectivity index (χ1n) is 6.74. The Bertz CT molecular complexity index is 411. The molecule has 1 fully saturated rings. The summed E-state index contributed by atoms with van der Waals surface area (Å²) in [4.78, 5) is 0. The number of piperidine rings is 1. The van der Waals surface area contributed by atoms with Crippen LogP contribution in [0.15, 0.2) is 16.6 Å². The van der Waals surface area contributed by atoms with Gasteiger partial charge < -0.3 is 10.1 Å². The summed E-state index contributed by atoms with van der Waals surface area (Å²) in [5, 5.41) is 3.59. The smallest absolute Gasteiger partial charge is 0.123 e. The molecule has 1 aromatic carbocycles. The van der Waals surface area contributed by atoms with Crippen LogP contribution < -0.4 is 10.1 Å². The van der Waals surface area contributed by atoms with E-state index in [2.05, 4.69) is 47.2 Å². The summed E-state index contributed by atoms with van der Waals surface area (Å²) < 4.78 is 6.73. The summed E-state index contributed by atoms with van der Waals surface area (Å²) in [5.74, 6) is 1.46. The Morgan fingerprint density at radius 1 is 1.33 bits per heavy atom. The van der Waals surface area contributed by atoms with Gasteiger partial charge in [0.2, 0.25) is 0 Å². The minimum Gasteiger partial charge on any atom is -0.496 e. The first-order chi connectivity index (χ1) is 8.63. The highest BCUT2D eigenvalue weighted by Gasteiger charge is 2.19. The number of halogens is 1. The summed E-state index contributed by atoms with van der Waals surface area (Å²) in [6.45, 7) is 5.51. The van der Waals surface area contributed by atoms with Crippen LogP contribution in [0.2, 0.25) is 0 Å². The Hall–Kier alpha value is -0.540. The highest BCUT2D eigenvalue weighted by molar-refractivity contribution is 9.10. The van der Waals surface area contributed by atoms with Crippen LogP contribution in [-0.4, -0.2) is 13.7 Å². The summed E-state index contributed by atoms with van der Waals surface area (Å²) in [6.07, 6.45) is 3.82. The maximum Gasteiger partial charge on any atom is 0.123 e. The molecule has 1 saturated heterocycles. The van der Waals surface area contributed by atoms with Gasteiger partial charge in [-0.1, -0.05) is 36.2 Å². The number of methoxy groups -OCH3 is 1. The summed E-state index contributed by atoms with van der Waals surface area (Å²) in [5.41, 5.74) is 2.60. The number of hydrogen-bond donors (Lipinski definition) is 1. The van der Waals surface area contributed by atoms with Gasteiger partial charge in [0, 0.05) is 16.1 Å². The van der Waals surface area contributed by atoms with Gasteiger partial charge in [-0.25, -0.2) is 0 Å². The number of nitrogens with one attached hydrogen (secondary N) is 1. The van der Waals surface area contributed by atoms with Crippen molar-refractivity contribution in [3.05, 3.63) is 27.7 Å². The third-order valence-electron chi connectivity index (χ3n) is 3.62. The molecule has 1 unspecified atom stereocenters. The lowest BCUT2D eigenvalue weighted by molar-refractivity contribution is 0.395. The van der Waals surface area contributed by atoms with Crippen LogP contribution in [0.25, 0.3) is 0 Å². The topological polar surface area (TPSA) is 21.3 Å². The van der Waals surface area contributed by atoms with Crippen LogP contribution in [0.1, 0.15) is 56.2 Å². The molecule has 1 N–H and O–H groups in total. The SMILES string of the molecule is COc1cc(C2CCCCN2)cc(Br)c1C(C)C. The monoisotopic (exact) mass is 311 g/mol. The highest BCUT2D eigenvalue weighted by Crippen LogP contribution is 2.37. The maximum absolute atomic E-state index is 5.56. The van der Waals surface area contributed by atoms with E-state index < -0.39 is 0 Å². The Kier molecular flexibility index (Phi) is 4.68. The number of ether oxygens (including phenoxy) is 1. The molecule has 1 aliphatic rings. The van der Waals surface area contributed by atoms with E-state index in [4.69, 9.17) is 4.74 Å². The predicted octanol–water partition coefficient (Wildman–Crippen LogP) is 4.40. The minimum atomic E-state index is 0.461. The van der Waals surface area contributed by atoms with E-state index in [9.17, 15) is 0 Å². The minimum absolute atomic E-state index is 0.461. The Morgan fingerprint density at radius 3 is 2.67 bits per heavy atom. The van der Waals surface area contributed by atoms with Crippen molar-refractivity contribution in [3.63, 3.8) is 0 Å². The number of rotatable bonds is 3. The zero-order valence-electron chi connectivity index (χ0n) is 11.4. The van der Waals surface area contributed by atoms with E-state index >= 15 is 0 Å². The van der Waals surface area contributed by atoms with Gasteiger partial charge in [0.05, 0.1) is 7.11 Å². The molecule has 0 bridgehead atoms. The van der Waals surface area contributed by atoms with Gasteiger partial charge in [-0.15, -0.1) is 0 Å². The lowest BCUT2D eigenvalue weighted by Crippen LogP contribution is -2.26. The predicted molar refractivity (Wildman–Crippen MR) is 79.4 cm³/mol. The molecule has 2 rings (SSSR count). The molecule has 0 aromatic heterocycles. The van der Waals surface area contributed by atoms with Gasteiger partial charge >= 0.3 is 0 Å². The fourth-order valence-corrected chi connectivity index (χ4v) is 3.60. The zero-order valence-corrected chi connectivity index (χ0v) is 13.0. The molecular formula is C15H22BrNO. The van der Waals surface area contributed by atoms with Crippen molar-refractivity contribution in [2.45, 2.75) is 45.1 Å². The van der Waals surface area contributed by atoms with Crippen LogP contribution >= 0.6 is 15.9 Å². The van der Waals surface area contributed by atoms with Crippen LogP contribution in [-0.2, 0) is 0 Å². The second-order valence-corrected chi connectivity index (χ2v) is 6.13. The van der Waals surface area contributed by atoms with E-state index in [0.29, 0.717) is 12.0 Å². The third-order valence-corrected chi connectivity index (χ3v) is 4.28. The molecule has 0 spiro atoms. The first kappa shape index (κ1) is 13.9. The molecule has 18 heavy (non-hydrogen) atoms. The Labute approximate surface area is 118 Å². The van der Waals surface area contributed by atoms with Crippen LogP contribution in [0.4, 0.5) is 0 Å². The molecule has 2 nitrogen and oxygen atoms in total. The zero-order chi connectivity index (χ0) is 13.1. The third kappa shape index (κ3) is 2.89. The van der Waals surface area contributed by atoms with Crippen LogP contribution in [0.3, 0.4) is 0 Å². The van der Waals surface area contributed by atoms with Gasteiger partial charge in [-0.3, -0.25) is 0 Å². The van der Waals surface area contributed by atoms with Crippen LogP contribution in [0.5, 0.6) is 5.75 Å². The molecule has 0 radical (unpaired) electrons. The van der Waals surface area contributed by atoms with E-state index in [-0.39, 0.29) is 0 Å². The molecular weight excluding hydrogens is 290 g/mol. The van der Waals surface area contributed by atoms with Crippen molar-refractivity contribution in [1.82, 2.24) is 5.32 Å². The van der Waals surface area contributed by atoms with Gasteiger partial charge in [-0.05, 0) is 43.0 Å². The Morgan fingerprint density at radius 2 is 2.11 bits per heavy atom. The van der Waals surface area contributed by atoms with Gasteiger partial charge in [0.1, 0.15) is 5.75 Å². The van der Waals surface area contributed by atoms with Gasteiger partial charge in [0.15, 0.2) is 0 Å². The standard InChI is InChI=1S/C15H22BrNO/c1-10(2)15-12(16)8-11(9-14(15)18-3)13-6-4-5-7-17-13/h8-10,13,17H,4-7H2,1-3H3. The maximum atomic E-state index is 5.56. The summed E-state index contributed by atoms with van der Waals surface area (Å²) in [7, 11) is 1.76. The molecule has 1 heterocycles. The molecule has 0 aliphatic carbocycles. The van der Waals surface area contributed by atoms with Crippen molar-refractivity contribution in [2.75, 3.05) is 13.7 Å². The van der Waals surface area contributed by atoms with Crippen molar-refractivity contribution in [1.29, 1.82) is 0 Å². The van der Waals surface area contributed by atoms with E-state index in [0.717, 1.165) is 12.3 Å². The summed E-state index contributed by atoms with van der Waals surface area (Å²) >= 11 is 3.70. The van der Waals surface area contributed by atoms with Gasteiger partial charge in [0.25, 0.3) is 0 Å².